The van der Waals surface area contributed by atoms with Crippen molar-refractivity contribution in [2.75, 3.05) is 6.54 Å². The first-order valence-electron chi connectivity index (χ1n) is 9.96. The standard InChI is InChI=1S/C20H35N.C2HF3O2/c1-2-3-4-5-6-7-8-9-10-11-12-13-14-15-16-17-18-19-20-21;3-2(4,5)1(6)7/h6-7,9-10,12-13,15-16H,2-5,8,11,14,17-21H2,1H3;(H,6,7). The van der Waals surface area contributed by atoms with E-state index in [1.807, 2.05) is 0 Å². The summed E-state index contributed by atoms with van der Waals surface area (Å²) in [6.07, 6.45) is 24.9. The summed E-state index contributed by atoms with van der Waals surface area (Å²) >= 11 is 0. The molecule has 0 saturated carbocycles. The van der Waals surface area contributed by atoms with Crippen LogP contribution >= 0.6 is 0 Å². The van der Waals surface area contributed by atoms with Gasteiger partial charge in [-0.1, -0.05) is 68.4 Å². The fourth-order valence-electron chi connectivity index (χ4n) is 1.97. The van der Waals surface area contributed by atoms with Crippen LogP contribution in [0.15, 0.2) is 48.6 Å². The minimum Gasteiger partial charge on any atom is -0.475 e. The molecule has 162 valence electrons. The second kappa shape index (κ2) is 21.5. The topological polar surface area (TPSA) is 63.3 Å². The monoisotopic (exact) mass is 403 g/mol. The molecule has 0 spiro atoms. The maximum absolute atomic E-state index is 10.6. The first-order chi connectivity index (χ1) is 13.4. The molecule has 0 amide bonds. The number of carboxylic acids is 1. The van der Waals surface area contributed by atoms with E-state index in [4.69, 9.17) is 15.6 Å². The molecule has 6 heteroatoms. The van der Waals surface area contributed by atoms with Crippen LogP contribution < -0.4 is 5.73 Å². The van der Waals surface area contributed by atoms with Gasteiger partial charge in [0.1, 0.15) is 0 Å². The van der Waals surface area contributed by atoms with Crippen LogP contribution in [0.1, 0.15) is 71.1 Å². The molecule has 0 aliphatic rings. The van der Waals surface area contributed by atoms with Gasteiger partial charge in [-0.2, -0.15) is 13.2 Å². The predicted molar refractivity (Wildman–Crippen MR) is 111 cm³/mol. The maximum Gasteiger partial charge on any atom is 0.490 e. The van der Waals surface area contributed by atoms with Gasteiger partial charge in [-0.25, -0.2) is 4.79 Å². The van der Waals surface area contributed by atoms with E-state index in [1.165, 1.54) is 32.1 Å². The van der Waals surface area contributed by atoms with Crippen LogP contribution in [0.5, 0.6) is 0 Å². The van der Waals surface area contributed by atoms with Gasteiger partial charge in [0, 0.05) is 0 Å². The number of halogens is 3. The second-order valence-corrected chi connectivity index (χ2v) is 6.18. The smallest absolute Gasteiger partial charge is 0.475 e. The third-order valence-electron chi connectivity index (χ3n) is 3.52. The van der Waals surface area contributed by atoms with Crippen LogP contribution in [0.2, 0.25) is 0 Å². The Balaban J connectivity index is 0. The van der Waals surface area contributed by atoms with Crippen molar-refractivity contribution < 1.29 is 23.1 Å². The second-order valence-electron chi connectivity index (χ2n) is 6.18. The van der Waals surface area contributed by atoms with Gasteiger partial charge in [0.2, 0.25) is 0 Å². The van der Waals surface area contributed by atoms with Gasteiger partial charge in [0.25, 0.3) is 0 Å². The first kappa shape index (κ1) is 28.4. The molecule has 0 unspecified atom stereocenters. The Morgan fingerprint density at radius 3 is 1.46 bits per heavy atom. The van der Waals surface area contributed by atoms with Crippen molar-refractivity contribution in [1.29, 1.82) is 0 Å². The lowest BCUT2D eigenvalue weighted by Gasteiger charge is -1.93. The van der Waals surface area contributed by atoms with Crippen molar-refractivity contribution in [2.24, 2.45) is 5.73 Å². The molecule has 0 heterocycles. The number of carbonyl (C=O) groups is 1. The summed E-state index contributed by atoms with van der Waals surface area (Å²) in [6.45, 7) is 3.06. The van der Waals surface area contributed by atoms with E-state index in [2.05, 4.69) is 55.5 Å². The molecule has 3 nitrogen and oxygen atoms in total. The Morgan fingerprint density at radius 1 is 0.786 bits per heavy atom. The van der Waals surface area contributed by atoms with E-state index in [9.17, 15) is 13.2 Å². The highest BCUT2D eigenvalue weighted by Gasteiger charge is 2.38. The minimum atomic E-state index is -5.08. The lowest BCUT2D eigenvalue weighted by molar-refractivity contribution is -0.192. The molecule has 0 aliphatic heterocycles. The third-order valence-corrected chi connectivity index (χ3v) is 3.52. The summed E-state index contributed by atoms with van der Waals surface area (Å²) in [7, 11) is 0. The van der Waals surface area contributed by atoms with Crippen molar-refractivity contribution in [1.82, 2.24) is 0 Å². The fraction of sp³-hybridized carbons (Fsp3) is 0.591. The van der Waals surface area contributed by atoms with Crippen LogP contribution in [-0.4, -0.2) is 23.8 Å². The first-order valence-corrected chi connectivity index (χ1v) is 9.96. The number of rotatable bonds is 14. The van der Waals surface area contributed by atoms with Gasteiger partial charge >= 0.3 is 12.1 Å². The highest BCUT2D eigenvalue weighted by atomic mass is 19.4. The highest BCUT2D eigenvalue weighted by Crippen LogP contribution is 2.13. The average molecular weight is 404 g/mol. The fourth-order valence-corrected chi connectivity index (χ4v) is 1.97. The van der Waals surface area contributed by atoms with Crippen molar-refractivity contribution in [3.05, 3.63) is 48.6 Å². The van der Waals surface area contributed by atoms with E-state index in [-0.39, 0.29) is 0 Å². The number of aliphatic carboxylic acids is 1. The van der Waals surface area contributed by atoms with Gasteiger partial charge in [-0.3, -0.25) is 0 Å². The van der Waals surface area contributed by atoms with Crippen LogP contribution in [0.4, 0.5) is 13.2 Å². The highest BCUT2D eigenvalue weighted by molar-refractivity contribution is 5.73. The van der Waals surface area contributed by atoms with Gasteiger partial charge in [-0.15, -0.1) is 0 Å². The van der Waals surface area contributed by atoms with Crippen molar-refractivity contribution in [3.63, 3.8) is 0 Å². The zero-order valence-electron chi connectivity index (χ0n) is 17.0. The zero-order chi connectivity index (χ0) is 21.5. The van der Waals surface area contributed by atoms with Gasteiger partial charge in [0.05, 0.1) is 0 Å². The van der Waals surface area contributed by atoms with Gasteiger partial charge in [-0.05, 0) is 57.9 Å². The van der Waals surface area contributed by atoms with E-state index in [1.54, 1.807) is 0 Å². The zero-order valence-corrected chi connectivity index (χ0v) is 17.0. The summed E-state index contributed by atoms with van der Waals surface area (Å²) in [5.74, 6) is -2.76. The Kier molecular flexibility index (Phi) is 21.8. The normalized spacial score (nSPS) is 12.3. The minimum absolute atomic E-state index is 0.813. The Labute approximate surface area is 167 Å². The molecule has 28 heavy (non-hydrogen) atoms. The Morgan fingerprint density at radius 2 is 1.14 bits per heavy atom. The molecule has 0 aromatic carbocycles. The molecule has 0 aromatic rings. The predicted octanol–water partition coefficient (Wildman–Crippen LogP) is 6.72. The maximum atomic E-state index is 10.6. The van der Waals surface area contributed by atoms with E-state index in [0.717, 1.165) is 38.6 Å². The molecule has 3 N–H and O–H groups in total. The number of allylic oxidation sites excluding steroid dienone is 8. The molecule has 0 fully saturated rings. The lowest BCUT2D eigenvalue weighted by atomic mass is 10.2. The van der Waals surface area contributed by atoms with Crippen LogP contribution in [0.25, 0.3) is 0 Å². The number of hydrogen-bond donors (Lipinski definition) is 2. The summed E-state index contributed by atoms with van der Waals surface area (Å²) in [4.78, 5) is 8.90. The van der Waals surface area contributed by atoms with E-state index < -0.39 is 12.1 Å². The summed E-state index contributed by atoms with van der Waals surface area (Å²) < 4.78 is 31.7. The number of nitrogens with two attached hydrogens (primary N) is 1. The molecule has 0 rings (SSSR count). The quantitative estimate of drug-likeness (QED) is 0.250. The molecule has 0 aliphatic carbocycles. The van der Waals surface area contributed by atoms with E-state index >= 15 is 0 Å². The summed E-state index contributed by atoms with van der Waals surface area (Å²) in [5.41, 5.74) is 5.45. The van der Waals surface area contributed by atoms with Gasteiger partial charge < -0.3 is 10.8 Å². The van der Waals surface area contributed by atoms with Crippen molar-refractivity contribution >= 4 is 5.97 Å². The molecular formula is C22H36F3NO2. The third kappa shape index (κ3) is 26.4. The number of unbranched alkanes of at least 4 members (excludes halogenated alkanes) is 5. The van der Waals surface area contributed by atoms with Gasteiger partial charge in [0.15, 0.2) is 0 Å². The molecular weight excluding hydrogens is 367 g/mol. The number of carboxylic acid groups (broad SMARTS) is 1. The lowest BCUT2D eigenvalue weighted by Crippen LogP contribution is -2.21. The van der Waals surface area contributed by atoms with Crippen LogP contribution in [0.3, 0.4) is 0 Å². The average Bonchev–Trinajstić information content (AvgIpc) is 2.64. The Bertz CT molecular complexity index is 437. The van der Waals surface area contributed by atoms with Crippen molar-refractivity contribution in [3.8, 4) is 0 Å². The van der Waals surface area contributed by atoms with Crippen LogP contribution in [-0.2, 0) is 4.79 Å². The molecule has 0 aromatic heterocycles. The summed E-state index contributed by atoms with van der Waals surface area (Å²) in [5, 5.41) is 7.12. The largest absolute Gasteiger partial charge is 0.490 e. The molecule has 0 saturated heterocycles. The summed E-state index contributed by atoms with van der Waals surface area (Å²) in [6, 6.07) is 0. The molecule has 0 bridgehead atoms. The Hall–Kier alpha value is -1.82. The number of alkyl halides is 3. The van der Waals surface area contributed by atoms with Crippen molar-refractivity contribution in [2.45, 2.75) is 77.3 Å². The number of hydrogen-bond acceptors (Lipinski definition) is 2. The van der Waals surface area contributed by atoms with E-state index in [0.29, 0.717) is 0 Å². The van der Waals surface area contributed by atoms with Crippen LogP contribution in [0, 0.1) is 0 Å². The SMILES string of the molecule is CCCCCC=CCC=CCC=CCC=CCCCCN.O=C(O)C(F)(F)F. The molecule has 0 radical (unpaired) electrons. The molecule has 0 atom stereocenters.